The van der Waals surface area contributed by atoms with E-state index in [-0.39, 0.29) is 18.5 Å². The number of imidazole rings is 1. The first-order chi connectivity index (χ1) is 15.1. The van der Waals surface area contributed by atoms with Crippen molar-refractivity contribution in [3.63, 3.8) is 0 Å². The van der Waals surface area contributed by atoms with Gasteiger partial charge in [-0.15, -0.1) is 0 Å². The molecule has 31 heavy (non-hydrogen) atoms. The third-order valence-electron chi connectivity index (χ3n) is 5.53. The second-order valence-corrected chi connectivity index (χ2v) is 8.22. The fourth-order valence-corrected chi connectivity index (χ4v) is 4.40. The highest BCUT2D eigenvalue weighted by atomic mass is 32.2. The summed E-state index contributed by atoms with van der Waals surface area (Å²) >= 11 is 1.71. The molecule has 0 fully saturated rings. The van der Waals surface area contributed by atoms with Gasteiger partial charge in [-0.25, -0.2) is 4.98 Å². The number of amides is 1. The van der Waals surface area contributed by atoms with Crippen LogP contribution >= 0.6 is 11.8 Å². The zero-order chi connectivity index (χ0) is 22.2. The van der Waals surface area contributed by atoms with Crippen LogP contribution in [0, 0.1) is 0 Å². The fourth-order valence-electron chi connectivity index (χ4n) is 3.92. The molecule has 1 unspecified atom stereocenters. The van der Waals surface area contributed by atoms with Crippen LogP contribution in [0.2, 0.25) is 0 Å². The molecule has 0 saturated heterocycles. The summed E-state index contributed by atoms with van der Waals surface area (Å²) in [7, 11) is 1.68. The molecule has 2 aromatic carbocycles. The monoisotopic (exact) mass is 440 g/mol. The highest BCUT2D eigenvalue weighted by Crippen LogP contribution is 2.24. The average molecular weight is 441 g/mol. The number of carbonyl (C=O) groups excluding carboxylic acids is 1. The second-order valence-electron chi connectivity index (χ2n) is 7.35. The molecule has 0 aliphatic heterocycles. The van der Waals surface area contributed by atoms with E-state index in [9.17, 15) is 4.79 Å². The van der Waals surface area contributed by atoms with Gasteiger partial charge < -0.3 is 14.6 Å². The maximum Gasteiger partial charge on any atom is 0.240 e. The Morgan fingerprint density at radius 3 is 2.68 bits per heavy atom. The molecule has 6 nitrogen and oxygen atoms in total. The first-order valence-corrected chi connectivity index (χ1v) is 12.1. The van der Waals surface area contributed by atoms with Gasteiger partial charge in [-0.2, -0.15) is 11.8 Å². The number of ether oxygens (including phenoxy) is 1. The summed E-state index contributed by atoms with van der Waals surface area (Å²) < 4.78 is 7.43. The van der Waals surface area contributed by atoms with E-state index in [1.165, 1.54) is 0 Å². The zero-order valence-electron chi connectivity index (χ0n) is 18.8. The van der Waals surface area contributed by atoms with E-state index in [0.717, 1.165) is 47.0 Å². The van der Waals surface area contributed by atoms with E-state index in [4.69, 9.17) is 9.72 Å². The summed E-state index contributed by atoms with van der Waals surface area (Å²) in [5.41, 5.74) is 3.06. The Labute approximate surface area is 189 Å². The lowest BCUT2D eigenvalue weighted by atomic mass is 10.0. The number of methoxy groups -OCH3 is 1. The van der Waals surface area contributed by atoms with Crippen LogP contribution in [0.3, 0.4) is 0 Å². The summed E-state index contributed by atoms with van der Waals surface area (Å²) in [6, 6.07) is 16.1. The van der Waals surface area contributed by atoms with Gasteiger partial charge in [-0.3, -0.25) is 9.69 Å². The van der Waals surface area contributed by atoms with Crippen molar-refractivity contribution in [1.29, 1.82) is 0 Å². The van der Waals surface area contributed by atoms with Crippen LogP contribution in [0.1, 0.15) is 31.3 Å². The Hall–Kier alpha value is -2.51. The van der Waals surface area contributed by atoms with E-state index in [0.29, 0.717) is 6.54 Å². The normalized spacial score (nSPS) is 12.3. The first kappa shape index (κ1) is 23.2. The number of thioether (sulfide) groups is 1. The van der Waals surface area contributed by atoms with E-state index in [1.54, 1.807) is 18.9 Å². The summed E-state index contributed by atoms with van der Waals surface area (Å²) in [4.78, 5) is 20.0. The molecule has 1 aromatic heterocycles. The van der Waals surface area contributed by atoms with Crippen molar-refractivity contribution >= 4 is 28.7 Å². The molecular weight excluding hydrogens is 408 g/mol. The molecule has 0 saturated carbocycles. The predicted molar refractivity (Wildman–Crippen MR) is 129 cm³/mol. The lowest BCUT2D eigenvalue weighted by Crippen LogP contribution is -2.39. The molecule has 1 amide bonds. The van der Waals surface area contributed by atoms with Gasteiger partial charge in [0.1, 0.15) is 18.1 Å². The van der Waals surface area contributed by atoms with Crippen LogP contribution in [-0.4, -0.2) is 53.4 Å². The maximum atomic E-state index is 13.0. The highest BCUT2D eigenvalue weighted by Gasteiger charge is 2.20. The van der Waals surface area contributed by atoms with E-state index < -0.39 is 0 Å². The van der Waals surface area contributed by atoms with Crippen LogP contribution < -0.4 is 10.1 Å². The average Bonchev–Trinajstić information content (AvgIpc) is 3.14. The van der Waals surface area contributed by atoms with Crippen molar-refractivity contribution in [2.24, 2.45) is 0 Å². The Morgan fingerprint density at radius 1 is 1.19 bits per heavy atom. The van der Waals surface area contributed by atoms with Crippen molar-refractivity contribution in [3.05, 3.63) is 59.9 Å². The van der Waals surface area contributed by atoms with Crippen LogP contribution in [-0.2, 0) is 17.1 Å². The van der Waals surface area contributed by atoms with Crippen molar-refractivity contribution in [1.82, 2.24) is 19.8 Å². The molecule has 3 rings (SSSR count). The molecule has 0 spiro atoms. The molecule has 0 aliphatic carbocycles. The van der Waals surface area contributed by atoms with Crippen LogP contribution in [0.25, 0.3) is 11.0 Å². The predicted octanol–water partition coefficient (Wildman–Crippen LogP) is 4.11. The maximum absolute atomic E-state index is 13.0. The van der Waals surface area contributed by atoms with Crippen molar-refractivity contribution < 1.29 is 9.53 Å². The van der Waals surface area contributed by atoms with Gasteiger partial charge in [-0.05, 0) is 49.2 Å². The van der Waals surface area contributed by atoms with E-state index >= 15 is 0 Å². The topological polar surface area (TPSA) is 59.4 Å². The summed E-state index contributed by atoms with van der Waals surface area (Å²) in [6.45, 7) is 6.89. The number of likely N-dealkylation sites (N-methyl/N-ethyl adjacent to an activating group) is 1. The van der Waals surface area contributed by atoms with Gasteiger partial charge in [0.2, 0.25) is 5.91 Å². The van der Waals surface area contributed by atoms with E-state index in [1.807, 2.05) is 47.2 Å². The number of hydrogen-bond donors (Lipinski definition) is 1. The zero-order valence-corrected chi connectivity index (χ0v) is 19.6. The fraction of sp³-hybridized carbons (Fsp3) is 0.417. The van der Waals surface area contributed by atoms with Crippen LogP contribution in [0.4, 0.5) is 0 Å². The van der Waals surface area contributed by atoms with Gasteiger partial charge in [0, 0.05) is 6.54 Å². The number of fused-ring (bicyclic) bond motifs is 1. The van der Waals surface area contributed by atoms with Crippen LogP contribution in [0.15, 0.2) is 48.5 Å². The van der Waals surface area contributed by atoms with Gasteiger partial charge in [0.05, 0.1) is 29.9 Å². The molecule has 0 radical (unpaired) electrons. The number of benzene rings is 2. The minimum Gasteiger partial charge on any atom is -0.497 e. The Balaban J connectivity index is 1.77. The third kappa shape index (κ3) is 5.60. The minimum atomic E-state index is -0.00874. The molecule has 1 N–H and O–H groups in total. The van der Waals surface area contributed by atoms with Gasteiger partial charge in [0.15, 0.2) is 0 Å². The molecule has 0 bridgehead atoms. The Kier molecular flexibility index (Phi) is 8.37. The number of aromatic nitrogens is 2. The number of rotatable bonds is 11. The first-order valence-electron chi connectivity index (χ1n) is 10.7. The quantitative estimate of drug-likeness (QED) is 0.486. The number of para-hydroxylation sites is 2. The standard InChI is InChI=1S/C24H32N4O2S/c1-5-27(6-2)22(18-10-9-11-19(14-18)30-3)15-25-24(29)16-28-21-13-8-7-12-20(21)26-23(28)17-31-4/h7-14,22H,5-6,15-17H2,1-4H3,(H,25,29). The van der Waals surface area contributed by atoms with Crippen LogP contribution in [0.5, 0.6) is 5.75 Å². The summed E-state index contributed by atoms with van der Waals surface area (Å²) in [5, 5.41) is 3.16. The molecule has 7 heteroatoms. The minimum absolute atomic E-state index is 0.00874. The van der Waals surface area contributed by atoms with Gasteiger partial charge in [0.25, 0.3) is 0 Å². The van der Waals surface area contributed by atoms with Gasteiger partial charge in [-0.1, -0.05) is 38.1 Å². The molecule has 166 valence electrons. The lowest BCUT2D eigenvalue weighted by Gasteiger charge is -2.30. The second kappa shape index (κ2) is 11.2. The SMILES string of the molecule is CCN(CC)C(CNC(=O)Cn1c(CSC)nc2ccccc21)c1cccc(OC)c1. The molecule has 0 aliphatic rings. The number of hydrogen-bond acceptors (Lipinski definition) is 5. The molecular formula is C24H32N4O2S. The van der Waals surface area contributed by atoms with Gasteiger partial charge >= 0.3 is 0 Å². The molecule has 3 aromatic rings. The Bertz CT molecular complexity index is 1000. The third-order valence-corrected chi connectivity index (χ3v) is 6.08. The van der Waals surface area contributed by atoms with Crippen molar-refractivity contribution in [2.75, 3.05) is 33.0 Å². The number of nitrogens with one attached hydrogen (secondary N) is 1. The van der Waals surface area contributed by atoms with E-state index in [2.05, 4.69) is 36.2 Å². The largest absolute Gasteiger partial charge is 0.497 e. The number of carbonyl (C=O) groups is 1. The van der Waals surface area contributed by atoms with Crippen molar-refractivity contribution in [2.45, 2.75) is 32.2 Å². The molecule has 1 atom stereocenters. The summed E-state index contributed by atoms with van der Waals surface area (Å²) in [5.74, 6) is 2.52. The van der Waals surface area contributed by atoms with Crippen molar-refractivity contribution in [3.8, 4) is 5.75 Å². The lowest BCUT2D eigenvalue weighted by molar-refractivity contribution is -0.121. The number of nitrogens with zero attached hydrogens (tertiary/aromatic N) is 3. The highest BCUT2D eigenvalue weighted by molar-refractivity contribution is 7.97. The molecule has 1 heterocycles. The smallest absolute Gasteiger partial charge is 0.240 e. The Morgan fingerprint density at radius 2 is 1.97 bits per heavy atom. The summed E-state index contributed by atoms with van der Waals surface area (Å²) in [6.07, 6.45) is 2.05.